The second kappa shape index (κ2) is 8.19. The molecule has 0 bridgehead atoms. The van der Waals surface area contributed by atoms with Crippen molar-refractivity contribution in [3.05, 3.63) is 47.4 Å². The van der Waals surface area contributed by atoms with Gasteiger partial charge in [-0.05, 0) is 30.0 Å². The third-order valence-corrected chi connectivity index (χ3v) is 6.41. The summed E-state index contributed by atoms with van der Waals surface area (Å²) in [5, 5.41) is 12.0. The summed E-state index contributed by atoms with van der Waals surface area (Å²) in [5.74, 6) is 1.78. The van der Waals surface area contributed by atoms with Crippen LogP contribution in [0.1, 0.15) is 29.4 Å². The first-order chi connectivity index (χ1) is 17.0. The number of hydrogen-bond donors (Lipinski definition) is 3. The molecule has 35 heavy (non-hydrogen) atoms. The Labute approximate surface area is 199 Å². The van der Waals surface area contributed by atoms with Crippen molar-refractivity contribution in [1.82, 2.24) is 30.0 Å². The molecule has 0 aliphatic carbocycles. The minimum absolute atomic E-state index is 0.0599. The third kappa shape index (κ3) is 3.78. The SMILES string of the molecule is Cc1c(-c2cc3cc(Nc4cc5n(n4)CC(=O)NCC5)ncc3c(N)n2)cnc2c1[C@H](F)CCO2. The molecule has 0 aromatic carbocycles. The van der Waals surface area contributed by atoms with Crippen LogP contribution in [0.25, 0.3) is 22.0 Å². The number of hydrogen-bond acceptors (Lipinski definition) is 8. The lowest BCUT2D eigenvalue weighted by Gasteiger charge is -2.22. The van der Waals surface area contributed by atoms with Gasteiger partial charge in [0, 0.05) is 54.5 Å². The van der Waals surface area contributed by atoms with E-state index in [4.69, 9.17) is 10.5 Å². The van der Waals surface area contributed by atoms with Gasteiger partial charge in [-0.15, -0.1) is 0 Å². The summed E-state index contributed by atoms with van der Waals surface area (Å²) in [6.07, 6.45) is 3.18. The van der Waals surface area contributed by atoms with Gasteiger partial charge in [-0.1, -0.05) is 0 Å². The number of alkyl halides is 1. The first kappa shape index (κ1) is 21.3. The summed E-state index contributed by atoms with van der Waals surface area (Å²) in [6, 6.07) is 5.66. The number of carbonyl (C=O) groups excluding carboxylic acids is 1. The van der Waals surface area contributed by atoms with Crippen molar-refractivity contribution >= 4 is 34.1 Å². The summed E-state index contributed by atoms with van der Waals surface area (Å²) < 4.78 is 21.9. The van der Waals surface area contributed by atoms with E-state index in [0.717, 1.165) is 16.6 Å². The summed E-state index contributed by atoms with van der Waals surface area (Å²) in [7, 11) is 0. The Bertz CT molecular complexity index is 1480. The van der Waals surface area contributed by atoms with Gasteiger partial charge in [0.25, 0.3) is 0 Å². The van der Waals surface area contributed by atoms with E-state index in [1.165, 1.54) is 0 Å². The van der Waals surface area contributed by atoms with Gasteiger partial charge in [-0.2, -0.15) is 5.10 Å². The molecule has 0 spiro atoms. The predicted molar refractivity (Wildman–Crippen MR) is 128 cm³/mol. The number of nitrogens with one attached hydrogen (secondary N) is 2. The highest BCUT2D eigenvalue weighted by Crippen LogP contribution is 2.39. The van der Waals surface area contributed by atoms with Crippen LogP contribution in [0.3, 0.4) is 0 Å². The third-order valence-electron chi connectivity index (χ3n) is 6.41. The van der Waals surface area contributed by atoms with Crippen LogP contribution in [0.4, 0.5) is 21.8 Å². The molecule has 11 heteroatoms. The van der Waals surface area contributed by atoms with E-state index in [0.29, 0.717) is 71.5 Å². The first-order valence-electron chi connectivity index (χ1n) is 11.4. The lowest BCUT2D eigenvalue weighted by atomic mass is 9.96. The standard InChI is InChI=1S/C24H23FN8O2/c1-12-15(9-29-24-22(12)17(25)3-5-35-24)18-6-13-7-19(28-10-16(13)23(26)30-18)31-20-8-14-2-4-27-21(34)11-33(14)32-20/h6-10,17H,2-5,11H2,1H3,(H2,26,30)(H,27,34)(H,28,31,32)/t17-/m1/s1. The minimum Gasteiger partial charge on any atom is -0.477 e. The zero-order valence-corrected chi connectivity index (χ0v) is 19.0. The van der Waals surface area contributed by atoms with Crippen molar-refractivity contribution in [2.75, 3.05) is 24.2 Å². The van der Waals surface area contributed by atoms with Crippen molar-refractivity contribution in [3.63, 3.8) is 0 Å². The molecule has 0 unspecified atom stereocenters. The Balaban J connectivity index is 1.36. The molecule has 6 rings (SSSR count). The van der Waals surface area contributed by atoms with Crippen LogP contribution in [-0.4, -0.2) is 43.8 Å². The van der Waals surface area contributed by atoms with E-state index in [9.17, 15) is 9.18 Å². The molecule has 0 fully saturated rings. The Kier molecular flexibility index (Phi) is 4.97. The molecule has 4 aromatic heterocycles. The number of pyridine rings is 3. The minimum atomic E-state index is -1.12. The molecule has 1 amide bonds. The number of nitrogens with zero attached hydrogens (tertiary/aromatic N) is 5. The maximum Gasteiger partial charge on any atom is 0.241 e. The van der Waals surface area contributed by atoms with Crippen LogP contribution < -0.4 is 21.1 Å². The largest absolute Gasteiger partial charge is 0.477 e. The molecule has 0 saturated carbocycles. The highest BCUT2D eigenvalue weighted by molar-refractivity contribution is 5.95. The Hall–Kier alpha value is -4.28. The van der Waals surface area contributed by atoms with Crippen molar-refractivity contribution in [1.29, 1.82) is 0 Å². The van der Waals surface area contributed by atoms with Gasteiger partial charge < -0.3 is 21.1 Å². The normalized spacial score (nSPS) is 17.2. The molecule has 0 saturated heterocycles. The molecule has 1 atom stereocenters. The topological polar surface area (TPSA) is 133 Å². The van der Waals surface area contributed by atoms with Crippen LogP contribution in [0.15, 0.2) is 30.6 Å². The fourth-order valence-corrected chi connectivity index (χ4v) is 4.63. The summed E-state index contributed by atoms with van der Waals surface area (Å²) in [5.41, 5.74) is 9.74. The predicted octanol–water partition coefficient (Wildman–Crippen LogP) is 2.99. The molecule has 0 radical (unpaired) electrons. The lowest BCUT2D eigenvalue weighted by molar-refractivity contribution is -0.121. The zero-order chi connectivity index (χ0) is 24.1. The number of fused-ring (bicyclic) bond motifs is 3. The molecular formula is C24H23FN8O2. The van der Waals surface area contributed by atoms with Gasteiger partial charge in [-0.3, -0.25) is 9.48 Å². The van der Waals surface area contributed by atoms with E-state index in [-0.39, 0.29) is 12.5 Å². The monoisotopic (exact) mass is 474 g/mol. The molecule has 4 N–H and O–H groups in total. The highest BCUT2D eigenvalue weighted by Gasteiger charge is 2.26. The van der Waals surface area contributed by atoms with E-state index in [2.05, 4.69) is 30.7 Å². The van der Waals surface area contributed by atoms with Gasteiger partial charge in [0.2, 0.25) is 11.8 Å². The van der Waals surface area contributed by atoms with Crippen molar-refractivity contribution < 1.29 is 13.9 Å². The molecule has 10 nitrogen and oxygen atoms in total. The van der Waals surface area contributed by atoms with E-state index < -0.39 is 6.17 Å². The van der Waals surface area contributed by atoms with Gasteiger partial charge in [0.15, 0.2) is 5.82 Å². The van der Waals surface area contributed by atoms with Gasteiger partial charge in [-0.25, -0.2) is 19.3 Å². The maximum atomic E-state index is 14.6. The smallest absolute Gasteiger partial charge is 0.241 e. The number of carbonyl (C=O) groups is 1. The number of nitrogen functional groups attached to an aromatic ring is 1. The molecule has 2 aliphatic heterocycles. The van der Waals surface area contributed by atoms with Crippen LogP contribution in [0, 0.1) is 6.92 Å². The number of rotatable bonds is 3. The molecule has 178 valence electrons. The highest BCUT2D eigenvalue weighted by atomic mass is 19.1. The van der Waals surface area contributed by atoms with Crippen LogP contribution in [0.2, 0.25) is 0 Å². The summed E-state index contributed by atoms with van der Waals surface area (Å²) in [4.78, 5) is 25.1. The van der Waals surface area contributed by atoms with Crippen LogP contribution in [-0.2, 0) is 17.8 Å². The molecule has 4 aromatic rings. The Morgan fingerprint density at radius 2 is 2.11 bits per heavy atom. The second-order valence-electron chi connectivity index (χ2n) is 8.71. The van der Waals surface area contributed by atoms with E-state index >= 15 is 0 Å². The summed E-state index contributed by atoms with van der Waals surface area (Å²) in [6.45, 7) is 2.94. The van der Waals surface area contributed by atoms with Crippen LogP contribution >= 0.6 is 0 Å². The average molecular weight is 475 g/mol. The fraction of sp³-hybridized carbons (Fsp3) is 0.292. The van der Waals surface area contributed by atoms with Gasteiger partial charge in [0.05, 0.1) is 17.9 Å². The van der Waals surface area contributed by atoms with Crippen LogP contribution in [0.5, 0.6) is 5.88 Å². The van der Waals surface area contributed by atoms with Crippen molar-refractivity contribution in [2.24, 2.45) is 0 Å². The maximum absolute atomic E-state index is 14.6. The quantitative estimate of drug-likeness (QED) is 0.413. The zero-order valence-electron chi connectivity index (χ0n) is 19.0. The number of amides is 1. The fourth-order valence-electron chi connectivity index (χ4n) is 4.63. The number of ether oxygens (including phenoxy) is 1. The van der Waals surface area contributed by atoms with Crippen molar-refractivity contribution in [3.8, 4) is 17.1 Å². The van der Waals surface area contributed by atoms with E-state index in [1.54, 1.807) is 17.1 Å². The van der Waals surface area contributed by atoms with Crippen molar-refractivity contribution in [2.45, 2.75) is 32.5 Å². The molecular weight excluding hydrogens is 451 g/mol. The summed E-state index contributed by atoms with van der Waals surface area (Å²) >= 11 is 0. The number of anilines is 3. The Morgan fingerprint density at radius 3 is 3.00 bits per heavy atom. The van der Waals surface area contributed by atoms with E-state index in [1.807, 2.05) is 25.1 Å². The number of halogens is 1. The lowest BCUT2D eigenvalue weighted by Crippen LogP contribution is -2.25. The first-order valence-corrected chi connectivity index (χ1v) is 11.4. The Morgan fingerprint density at radius 1 is 1.23 bits per heavy atom. The van der Waals surface area contributed by atoms with Gasteiger partial charge in [0.1, 0.15) is 24.4 Å². The second-order valence-corrected chi connectivity index (χ2v) is 8.71. The number of nitrogens with two attached hydrogens (primary N) is 1. The molecule has 6 heterocycles. The molecule has 2 aliphatic rings. The average Bonchev–Trinajstić information content (AvgIpc) is 3.10. The van der Waals surface area contributed by atoms with Gasteiger partial charge >= 0.3 is 0 Å². The number of aromatic nitrogens is 5.